The predicted molar refractivity (Wildman–Crippen MR) is 56.2 cm³/mol. The first kappa shape index (κ1) is 8.31. The summed E-state index contributed by atoms with van der Waals surface area (Å²) in [4.78, 5) is 4.20. The normalized spacial score (nSPS) is 21.0. The molecule has 0 aliphatic carbocycles. The third-order valence-electron chi connectivity index (χ3n) is 1.84. The highest BCUT2D eigenvalue weighted by Gasteiger charge is 2.07. The first-order valence-corrected chi connectivity index (χ1v) is 4.99. The van der Waals surface area contributed by atoms with Crippen molar-refractivity contribution in [2.75, 3.05) is 5.73 Å². The summed E-state index contributed by atoms with van der Waals surface area (Å²) in [5.41, 5.74) is 6.64. The highest BCUT2D eigenvalue weighted by molar-refractivity contribution is 7.11. The van der Waals surface area contributed by atoms with Gasteiger partial charge in [0, 0.05) is 23.2 Å². The molecule has 1 aliphatic rings. The number of rotatable bonds is 1. The maximum absolute atomic E-state index is 5.54. The van der Waals surface area contributed by atoms with E-state index in [1.54, 1.807) is 11.3 Å². The van der Waals surface area contributed by atoms with Crippen LogP contribution < -0.4 is 11.1 Å². The Balaban J connectivity index is 2.24. The summed E-state index contributed by atoms with van der Waals surface area (Å²) in [5.74, 6) is 0.591. The molecule has 13 heavy (non-hydrogen) atoms. The highest BCUT2D eigenvalue weighted by Crippen LogP contribution is 2.22. The van der Waals surface area contributed by atoms with Gasteiger partial charge in [-0.3, -0.25) is 0 Å². The van der Waals surface area contributed by atoms with Gasteiger partial charge in [-0.25, -0.2) is 4.98 Å². The molecule has 0 spiro atoms. The number of hydrogen-bond acceptors (Lipinski definition) is 4. The Bertz CT molecular complexity index is 365. The maximum Gasteiger partial charge on any atom is 0.135 e. The summed E-state index contributed by atoms with van der Waals surface area (Å²) in [6.07, 6.45) is 6.15. The molecule has 4 heteroatoms. The summed E-state index contributed by atoms with van der Waals surface area (Å²) in [5, 5.41) is 6.03. The number of dihydropyridines is 1. The molecule has 3 nitrogen and oxygen atoms in total. The fourth-order valence-electron chi connectivity index (χ4n) is 1.12. The van der Waals surface area contributed by atoms with Gasteiger partial charge >= 0.3 is 0 Å². The Hall–Kier alpha value is -1.29. The summed E-state index contributed by atoms with van der Waals surface area (Å²) >= 11 is 1.56. The van der Waals surface area contributed by atoms with Crippen molar-refractivity contribution in [1.82, 2.24) is 10.3 Å². The molecule has 1 aliphatic heterocycles. The lowest BCUT2D eigenvalue weighted by Gasteiger charge is -2.12. The Kier molecular flexibility index (Phi) is 2.06. The van der Waals surface area contributed by atoms with Crippen LogP contribution in [0.1, 0.15) is 11.9 Å². The molecule has 0 bridgehead atoms. The van der Waals surface area contributed by atoms with Crippen molar-refractivity contribution in [3.63, 3.8) is 0 Å². The predicted octanol–water partition coefficient (Wildman–Crippen LogP) is 1.61. The summed E-state index contributed by atoms with van der Waals surface area (Å²) in [7, 11) is 0. The van der Waals surface area contributed by atoms with Crippen molar-refractivity contribution < 1.29 is 0 Å². The standard InChI is InChI=1S/C9H11N3S/c1-6-2-3-7(4-11-6)9-12-8(10)5-13-9/h2-6,11H,10H2,1H3. The lowest BCUT2D eigenvalue weighted by atomic mass is 10.1. The van der Waals surface area contributed by atoms with Crippen LogP contribution in [0, 0.1) is 0 Å². The van der Waals surface area contributed by atoms with Gasteiger partial charge in [-0.15, -0.1) is 11.3 Å². The molecule has 1 aromatic rings. The van der Waals surface area contributed by atoms with Crippen LogP contribution in [0.15, 0.2) is 23.7 Å². The van der Waals surface area contributed by atoms with Crippen LogP contribution in [-0.2, 0) is 0 Å². The highest BCUT2D eigenvalue weighted by atomic mass is 32.1. The van der Waals surface area contributed by atoms with Gasteiger partial charge in [0.25, 0.3) is 0 Å². The number of allylic oxidation sites excluding steroid dienone is 2. The fraction of sp³-hybridized carbons (Fsp3) is 0.222. The van der Waals surface area contributed by atoms with Crippen molar-refractivity contribution in [3.05, 3.63) is 28.7 Å². The van der Waals surface area contributed by atoms with E-state index in [4.69, 9.17) is 5.73 Å². The first-order valence-electron chi connectivity index (χ1n) is 4.11. The first-order chi connectivity index (χ1) is 6.25. The van der Waals surface area contributed by atoms with Gasteiger partial charge in [-0.2, -0.15) is 0 Å². The summed E-state index contributed by atoms with van der Waals surface area (Å²) in [6, 6.07) is 0.404. The van der Waals surface area contributed by atoms with Crippen molar-refractivity contribution in [3.8, 4) is 0 Å². The molecule has 1 aromatic heterocycles. The zero-order valence-corrected chi connectivity index (χ0v) is 8.14. The van der Waals surface area contributed by atoms with Gasteiger partial charge in [-0.1, -0.05) is 12.2 Å². The Labute approximate surface area is 81.0 Å². The van der Waals surface area contributed by atoms with E-state index in [0.717, 1.165) is 10.6 Å². The zero-order chi connectivity index (χ0) is 9.26. The molecule has 0 aromatic carbocycles. The minimum Gasteiger partial charge on any atom is -0.384 e. The molecule has 1 unspecified atom stereocenters. The summed E-state index contributed by atoms with van der Waals surface area (Å²) in [6.45, 7) is 2.10. The minimum absolute atomic E-state index is 0.404. The molecule has 0 saturated carbocycles. The van der Waals surface area contributed by atoms with Gasteiger partial charge in [0.15, 0.2) is 0 Å². The number of nitrogens with two attached hydrogens (primary N) is 1. The average molecular weight is 193 g/mol. The Morgan fingerprint density at radius 1 is 1.62 bits per heavy atom. The van der Waals surface area contributed by atoms with Crippen LogP contribution >= 0.6 is 11.3 Å². The monoisotopic (exact) mass is 193 g/mol. The smallest absolute Gasteiger partial charge is 0.135 e. The molecule has 2 heterocycles. The molecular weight excluding hydrogens is 182 g/mol. The number of nitrogen functional groups attached to an aromatic ring is 1. The average Bonchev–Trinajstić information content (AvgIpc) is 2.53. The van der Waals surface area contributed by atoms with E-state index < -0.39 is 0 Å². The van der Waals surface area contributed by atoms with Crippen LogP contribution in [-0.4, -0.2) is 11.0 Å². The number of anilines is 1. The fourth-order valence-corrected chi connectivity index (χ4v) is 1.83. The largest absolute Gasteiger partial charge is 0.384 e. The van der Waals surface area contributed by atoms with Gasteiger partial charge in [0.1, 0.15) is 10.8 Å². The second kappa shape index (κ2) is 3.22. The number of aromatic nitrogens is 1. The van der Waals surface area contributed by atoms with Crippen LogP contribution in [0.3, 0.4) is 0 Å². The van der Waals surface area contributed by atoms with E-state index in [1.165, 1.54) is 0 Å². The number of nitrogens with zero attached hydrogens (tertiary/aromatic N) is 1. The molecule has 3 N–H and O–H groups in total. The molecule has 0 fully saturated rings. The van der Waals surface area contributed by atoms with E-state index >= 15 is 0 Å². The third-order valence-corrected chi connectivity index (χ3v) is 2.74. The van der Waals surface area contributed by atoms with E-state index in [-0.39, 0.29) is 0 Å². The van der Waals surface area contributed by atoms with E-state index in [1.807, 2.05) is 11.6 Å². The molecule has 2 rings (SSSR count). The lowest BCUT2D eigenvalue weighted by molar-refractivity contribution is 0.764. The van der Waals surface area contributed by atoms with Gasteiger partial charge in [0.05, 0.1) is 0 Å². The van der Waals surface area contributed by atoms with E-state index in [9.17, 15) is 0 Å². The second-order valence-corrected chi connectivity index (χ2v) is 3.85. The van der Waals surface area contributed by atoms with Gasteiger partial charge < -0.3 is 11.1 Å². The van der Waals surface area contributed by atoms with Crippen LogP contribution in [0.2, 0.25) is 0 Å². The topological polar surface area (TPSA) is 50.9 Å². The van der Waals surface area contributed by atoms with Gasteiger partial charge in [-0.05, 0) is 6.92 Å². The SMILES string of the molecule is CC1C=CC(c2nc(N)cs2)=CN1. The lowest BCUT2D eigenvalue weighted by Crippen LogP contribution is -2.20. The number of nitrogens with one attached hydrogen (secondary N) is 1. The summed E-state index contributed by atoms with van der Waals surface area (Å²) < 4.78 is 0. The molecule has 1 atom stereocenters. The van der Waals surface area contributed by atoms with Crippen molar-refractivity contribution >= 4 is 22.7 Å². The van der Waals surface area contributed by atoms with Crippen LogP contribution in [0.4, 0.5) is 5.82 Å². The zero-order valence-electron chi connectivity index (χ0n) is 7.32. The van der Waals surface area contributed by atoms with Crippen molar-refractivity contribution in [2.45, 2.75) is 13.0 Å². The maximum atomic E-state index is 5.54. The van der Waals surface area contributed by atoms with E-state index in [2.05, 4.69) is 29.4 Å². The molecule has 0 radical (unpaired) electrons. The molecule has 0 amide bonds. The minimum atomic E-state index is 0.404. The van der Waals surface area contributed by atoms with Crippen molar-refractivity contribution in [1.29, 1.82) is 0 Å². The number of thiazole rings is 1. The molecule has 68 valence electrons. The van der Waals surface area contributed by atoms with Crippen LogP contribution in [0.5, 0.6) is 0 Å². The van der Waals surface area contributed by atoms with Gasteiger partial charge in [0.2, 0.25) is 0 Å². The Morgan fingerprint density at radius 3 is 3.00 bits per heavy atom. The van der Waals surface area contributed by atoms with Crippen molar-refractivity contribution in [2.24, 2.45) is 0 Å². The third kappa shape index (κ3) is 1.72. The molecular formula is C9H11N3S. The molecule has 0 saturated heterocycles. The second-order valence-electron chi connectivity index (χ2n) is 2.99. The van der Waals surface area contributed by atoms with Crippen LogP contribution in [0.25, 0.3) is 5.57 Å². The quantitative estimate of drug-likeness (QED) is 0.712. The Morgan fingerprint density at radius 2 is 2.46 bits per heavy atom. The van der Waals surface area contributed by atoms with E-state index in [0.29, 0.717) is 11.9 Å². The number of hydrogen-bond donors (Lipinski definition) is 2.